The van der Waals surface area contributed by atoms with Crippen LogP contribution in [0.4, 0.5) is 0 Å². The van der Waals surface area contributed by atoms with Crippen LogP contribution in [0.25, 0.3) is 0 Å². The van der Waals surface area contributed by atoms with Gasteiger partial charge in [-0.25, -0.2) is 0 Å². The SMILES string of the molecule is C=C(C)COB(O)OCC(=C)C. The van der Waals surface area contributed by atoms with Crippen molar-refractivity contribution in [1.82, 2.24) is 0 Å². The van der Waals surface area contributed by atoms with Gasteiger partial charge in [0.15, 0.2) is 0 Å². The molecular formula is C8H15BO3. The summed E-state index contributed by atoms with van der Waals surface area (Å²) in [4.78, 5) is 0. The molecule has 0 atom stereocenters. The molecule has 0 spiro atoms. The summed E-state index contributed by atoms with van der Waals surface area (Å²) in [7, 11) is -1.18. The molecule has 0 rings (SSSR count). The van der Waals surface area contributed by atoms with E-state index in [0.717, 1.165) is 11.1 Å². The summed E-state index contributed by atoms with van der Waals surface area (Å²) in [5.41, 5.74) is 1.68. The van der Waals surface area contributed by atoms with Crippen LogP contribution in [-0.2, 0) is 9.31 Å². The van der Waals surface area contributed by atoms with E-state index in [4.69, 9.17) is 14.3 Å². The molecule has 3 nitrogen and oxygen atoms in total. The van der Waals surface area contributed by atoms with Crippen molar-refractivity contribution in [3.63, 3.8) is 0 Å². The second kappa shape index (κ2) is 6.00. The fourth-order valence-electron chi connectivity index (χ4n) is 0.475. The van der Waals surface area contributed by atoms with Crippen molar-refractivity contribution < 1.29 is 14.3 Å². The van der Waals surface area contributed by atoms with Gasteiger partial charge in [-0.1, -0.05) is 24.3 Å². The molecule has 0 aliphatic rings. The van der Waals surface area contributed by atoms with E-state index in [1.807, 2.05) is 13.8 Å². The lowest BCUT2D eigenvalue weighted by Crippen LogP contribution is -2.24. The van der Waals surface area contributed by atoms with Gasteiger partial charge in [-0.2, -0.15) is 0 Å². The van der Waals surface area contributed by atoms with Crippen molar-refractivity contribution >= 4 is 7.32 Å². The van der Waals surface area contributed by atoms with Crippen LogP contribution in [0.2, 0.25) is 0 Å². The summed E-state index contributed by atoms with van der Waals surface area (Å²) in [6.45, 7) is 11.5. The molecule has 0 bridgehead atoms. The van der Waals surface area contributed by atoms with Crippen LogP contribution in [0.15, 0.2) is 24.3 Å². The summed E-state index contributed by atoms with van der Waals surface area (Å²) in [6.07, 6.45) is 0. The summed E-state index contributed by atoms with van der Waals surface area (Å²) in [5.74, 6) is 0. The lowest BCUT2D eigenvalue weighted by molar-refractivity contribution is 0.154. The molecule has 0 fully saturated rings. The third-order valence-electron chi connectivity index (χ3n) is 0.945. The Morgan fingerprint density at radius 2 is 1.50 bits per heavy atom. The Labute approximate surface area is 73.9 Å². The first-order valence-electron chi connectivity index (χ1n) is 3.72. The largest absolute Gasteiger partial charge is 0.637 e. The topological polar surface area (TPSA) is 38.7 Å². The molecule has 0 saturated heterocycles. The Morgan fingerprint density at radius 3 is 1.75 bits per heavy atom. The van der Waals surface area contributed by atoms with E-state index in [2.05, 4.69) is 13.2 Å². The van der Waals surface area contributed by atoms with E-state index in [1.165, 1.54) is 0 Å². The first-order valence-corrected chi connectivity index (χ1v) is 3.72. The average Bonchev–Trinajstić information content (AvgIpc) is 1.96. The standard InChI is InChI=1S/C8H15BO3/c1-7(2)5-11-9(10)12-6-8(3)4/h10H,1,3,5-6H2,2,4H3. The smallest absolute Gasteiger partial charge is 0.402 e. The number of hydrogen-bond acceptors (Lipinski definition) is 3. The van der Waals surface area contributed by atoms with Crippen molar-refractivity contribution in [2.24, 2.45) is 0 Å². The van der Waals surface area contributed by atoms with Crippen LogP contribution in [0.5, 0.6) is 0 Å². The predicted molar refractivity (Wildman–Crippen MR) is 49.5 cm³/mol. The fourth-order valence-corrected chi connectivity index (χ4v) is 0.475. The van der Waals surface area contributed by atoms with Gasteiger partial charge in [0.2, 0.25) is 0 Å². The predicted octanol–water partition coefficient (Wildman–Crippen LogP) is 1.15. The van der Waals surface area contributed by atoms with Crippen molar-refractivity contribution in [1.29, 1.82) is 0 Å². The fraction of sp³-hybridized carbons (Fsp3) is 0.500. The second-order valence-corrected chi connectivity index (χ2v) is 2.84. The van der Waals surface area contributed by atoms with E-state index in [9.17, 15) is 0 Å². The van der Waals surface area contributed by atoms with Gasteiger partial charge in [-0.3, -0.25) is 0 Å². The van der Waals surface area contributed by atoms with Crippen LogP contribution in [0.3, 0.4) is 0 Å². The molecule has 68 valence electrons. The molecule has 4 heteroatoms. The zero-order valence-electron chi connectivity index (χ0n) is 7.67. The van der Waals surface area contributed by atoms with Crippen LogP contribution in [0.1, 0.15) is 13.8 Å². The molecule has 0 aromatic carbocycles. The summed E-state index contributed by atoms with van der Waals surface area (Å²) in [5, 5.41) is 9.02. The lowest BCUT2D eigenvalue weighted by atomic mass is 10.2. The van der Waals surface area contributed by atoms with Gasteiger partial charge in [0, 0.05) is 0 Å². The molecule has 0 unspecified atom stereocenters. The Balaban J connectivity index is 3.39. The molecule has 0 aliphatic carbocycles. The van der Waals surface area contributed by atoms with Crippen molar-refractivity contribution in [3.05, 3.63) is 24.3 Å². The Hall–Kier alpha value is -0.575. The zero-order chi connectivity index (χ0) is 9.56. The molecule has 0 aromatic heterocycles. The Kier molecular flexibility index (Phi) is 5.71. The van der Waals surface area contributed by atoms with E-state index < -0.39 is 7.32 Å². The van der Waals surface area contributed by atoms with E-state index in [1.54, 1.807) is 0 Å². The first-order chi connectivity index (χ1) is 5.52. The van der Waals surface area contributed by atoms with Gasteiger partial charge in [0.25, 0.3) is 0 Å². The summed E-state index contributed by atoms with van der Waals surface area (Å²) >= 11 is 0. The van der Waals surface area contributed by atoms with Crippen LogP contribution in [0, 0.1) is 0 Å². The van der Waals surface area contributed by atoms with Crippen LogP contribution in [-0.4, -0.2) is 25.6 Å². The Bertz CT molecular complexity index is 150. The maximum atomic E-state index is 9.02. The minimum absolute atomic E-state index is 0.303. The molecule has 0 aliphatic heterocycles. The third-order valence-corrected chi connectivity index (χ3v) is 0.945. The summed E-state index contributed by atoms with van der Waals surface area (Å²) < 4.78 is 9.69. The highest BCUT2D eigenvalue weighted by Crippen LogP contribution is 1.94. The number of hydrogen-bond donors (Lipinski definition) is 1. The molecule has 0 amide bonds. The zero-order valence-corrected chi connectivity index (χ0v) is 7.67. The molecule has 0 radical (unpaired) electrons. The van der Waals surface area contributed by atoms with Gasteiger partial charge >= 0.3 is 7.32 Å². The van der Waals surface area contributed by atoms with Gasteiger partial charge in [-0.05, 0) is 13.8 Å². The molecule has 1 N–H and O–H groups in total. The highest BCUT2D eigenvalue weighted by molar-refractivity contribution is 6.34. The third kappa shape index (κ3) is 7.53. The molecule has 0 aromatic rings. The van der Waals surface area contributed by atoms with Gasteiger partial charge < -0.3 is 14.3 Å². The molecule has 0 heterocycles. The minimum atomic E-state index is -1.18. The van der Waals surface area contributed by atoms with Crippen molar-refractivity contribution in [2.75, 3.05) is 13.2 Å². The quantitative estimate of drug-likeness (QED) is 0.480. The maximum Gasteiger partial charge on any atom is 0.637 e. The van der Waals surface area contributed by atoms with Crippen molar-refractivity contribution in [3.8, 4) is 0 Å². The van der Waals surface area contributed by atoms with Gasteiger partial charge in [0.05, 0.1) is 13.2 Å². The minimum Gasteiger partial charge on any atom is -0.402 e. The van der Waals surface area contributed by atoms with E-state index in [0.29, 0.717) is 13.2 Å². The molecular weight excluding hydrogens is 155 g/mol. The number of rotatable bonds is 6. The van der Waals surface area contributed by atoms with Crippen LogP contribution >= 0.6 is 0 Å². The summed E-state index contributed by atoms with van der Waals surface area (Å²) in [6, 6.07) is 0. The van der Waals surface area contributed by atoms with E-state index >= 15 is 0 Å². The molecule has 0 saturated carbocycles. The Morgan fingerprint density at radius 1 is 1.17 bits per heavy atom. The maximum absolute atomic E-state index is 9.02. The highest BCUT2D eigenvalue weighted by Gasteiger charge is 2.14. The molecule has 12 heavy (non-hydrogen) atoms. The lowest BCUT2D eigenvalue weighted by Gasteiger charge is -2.07. The second-order valence-electron chi connectivity index (χ2n) is 2.84. The van der Waals surface area contributed by atoms with Gasteiger partial charge in [-0.15, -0.1) is 0 Å². The average molecular weight is 170 g/mol. The van der Waals surface area contributed by atoms with Crippen LogP contribution < -0.4 is 0 Å². The normalized spacial score (nSPS) is 9.58. The first kappa shape index (κ1) is 11.4. The van der Waals surface area contributed by atoms with Gasteiger partial charge in [0.1, 0.15) is 0 Å². The van der Waals surface area contributed by atoms with Crippen molar-refractivity contribution in [2.45, 2.75) is 13.8 Å². The van der Waals surface area contributed by atoms with E-state index in [-0.39, 0.29) is 0 Å². The highest BCUT2D eigenvalue weighted by atomic mass is 16.7. The monoisotopic (exact) mass is 170 g/mol.